The van der Waals surface area contributed by atoms with Gasteiger partial charge in [-0.05, 0) is 48.9 Å². The molecule has 0 aromatic heterocycles. The molecule has 0 aliphatic rings. The molecule has 0 unspecified atom stereocenters. The van der Waals surface area contributed by atoms with Gasteiger partial charge in [0, 0.05) is 28.9 Å². The van der Waals surface area contributed by atoms with E-state index in [2.05, 4.69) is 5.32 Å². The van der Waals surface area contributed by atoms with E-state index in [4.69, 9.17) is 21.1 Å². The lowest BCUT2D eigenvalue weighted by molar-refractivity contribution is 0.265. The Morgan fingerprint density at radius 3 is 2.39 bits per heavy atom. The van der Waals surface area contributed by atoms with E-state index in [9.17, 15) is 9.50 Å². The first-order chi connectivity index (χ1) is 13.6. The molecule has 3 aromatic rings. The van der Waals surface area contributed by atoms with E-state index in [1.165, 1.54) is 6.07 Å². The van der Waals surface area contributed by atoms with Crippen molar-refractivity contribution in [1.29, 1.82) is 0 Å². The van der Waals surface area contributed by atoms with Gasteiger partial charge in [0.2, 0.25) is 0 Å². The molecule has 0 atom stereocenters. The van der Waals surface area contributed by atoms with E-state index in [1.54, 1.807) is 48.5 Å². The molecule has 0 bridgehead atoms. The monoisotopic (exact) mass is 401 g/mol. The van der Waals surface area contributed by atoms with E-state index >= 15 is 0 Å². The summed E-state index contributed by atoms with van der Waals surface area (Å²) in [5.74, 6) is 0.897. The quantitative estimate of drug-likeness (QED) is 0.470. The predicted molar refractivity (Wildman–Crippen MR) is 109 cm³/mol. The lowest BCUT2D eigenvalue weighted by Gasteiger charge is -2.16. The van der Waals surface area contributed by atoms with Crippen LogP contribution in [-0.4, -0.2) is 11.7 Å². The molecule has 0 radical (unpaired) electrons. The molecule has 0 amide bonds. The molecule has 0 aliphatic carbocycles. The van der Waals surface area contributed by atoms with Gasteiger partial charge < -0.3 is 19.9 Å². The summed E-state index contributed by atoms with van der Waals surface area (Å²) in [4.78, 5) is 0. The van der Waals surface area contributed by atoms with Crippen molar-refractivity contribution >= 4 is 17.3 Å². The Bertz CT molecular complexity index is 932. The number of nitrogens with one attached hydrogen (secondary N) is 1. The summed E-state index contributed by atoms with van der Waals surface area (Å²) in [5.41, 5.74) is 2.14. The van der Waals surface area contributed by atoms with E-state index < -0.39 is 0 Å². The number of aromatic hydroxyl groups is 1. The van der Waals surface area contributed by atoms with Crippen LogP contribution in [0.4, 0.5) is 10.1 Å². The third-order valence-electron chi connectivity index (χ3n) is 4.10. The van der Waals surface area contributed by atoms with Crippen molar-refractivity contribution in [1.82, 2.24) is 0 Å². The summed E-state index contributed by atoms with van der Waals surface area (Å²) in [6.45, 7) is 2.89. The Labute approximate surface area is 168 Å². The standard InChI is InChI=1S/C22H21ClFNO3/c1-2-27-21-11-16(13-25-17-7-9-18(26)10-8-17)19(23)12-22(21)28-14-15-5-3-4-6-20(15)24/h3-12,25-26H,2,13-14H2,1H3. The van der Waals surface area contributed by atoms with Crippen LogP contribution in [-0.2, 0) is 13.2 Å². The third-order valence-corrected chi connectivity index (χ3v) is 4.46. The van der Waals surface area contributed by atoms with Crippen LogP contribution in [0.1, 0.15) is 18.1 Å². The lowest BCUT2D eigenvalue weighted by atomic mass is 10.2. The first kappa shape index (κ1) is 19.8. The van der Waals surface area contributed by atoms with Gasteiger partial charge in [-0.15, -0.1) is 0 Å². The number of hydrogen-bond donors (Lipinski definition) is 2. The maximum atomic E-state index is 13.8. The van der Waals surface area contributed by atoms with Gasteiger partial charge in [-0.25, -0.2) is 4.39 Å². The van der Waals surface area contributed by atoms with E-state index in [-0.39, 0.29) is 18.2 Å². The number of hydrogen-bond acceptors (Lipinski definition) is 4. The number of halogens is 2. The first-order valence-corrected chi connectivity index (χ1v) is 9.29. The molecule has 0 heterocycles. The van der Waals surface area contributed by atoms with Gasteiger partial charge >= 0.3 is 0 Å². The zero-order valence-corrected chi connectivity index (χ0v) is 16.2. The highest BCUT2D eigenvalue weighted by Crippen LogP contribution is 2.34. The largest absolute Gasteiger partial charge is 0.508 e. The summed E-state index contributed by atoms with van der Waals surface area (Å²) in [5, 5.41) is 13.1. The van der Waals surface area contributed by atoms with Crippen LogP contribution in [0.5, 0.6) is 17.2 Å². The van der Waals surface area contributed by atoms with Crippen LogP contribution in [0.25, 0.3) is 0 Å². The Balaban J connectivity index is 1.75. The minimum absolute atomic E-state index is 0.0776. The minimum Gasteiger partial charge on any atom is -0.508 e. The second-order valence-electron chi connectivity index (χ2n) is 6.10. The van der Waals surface area contributed by atoms with Gasteiger partial charge in [0.1, 0.15) is 18.2 Å². The summed E-state index contributed by atoms with van der Waals surface area (Å²) in [6.07, 6.45) is 0. The molecule has 0 aliphatic heterocycles. The Kier molecular flexibility index (Phi) is 6.61. The number of phenols is 1. The molecular weight excluding hydrogens is 381 g/mol. The Morgan fingerprint density at radius 1 is 0.964 bits per heavy atom. The van der Waals surface area contributed by atoms with Gasteiger partial charge in [0.15, 0.2) is 11.5 Å². The fraction of sp³-hybridized carbons (Fsp3) is 0.182. The second kappa shape index (κ2) is 9.33. The molecule has 0 spiro atoms. The van der Waals surface area contributed by atoms with E-state index in [0.29, 0.717) is 35.2 Å². The fourth-order valence-corrected chi connectivity index (χ4v) is 2.86. The van der Waals surface area contributed by atoms with Crippen LogP contribution in [0.15, 0.2) is 60.7 Å². The van der Waals surface area contributed by atoms with Crippen molar-refractivity contribution in [3.63, 3.8) is 0 Å². The number of benzene rings is 3. The first-order valence-electron chi connectivity index (χ1n) is 8.91. The van der Waals surface area contributed by atoms with E-state index in [0.717, 1.165) is 11.3 Å². The molecule has 0 fully saturated rings. The molecular formula is C22H21ClFNO3. The number of phenolic OH excluding ortho intramolecular Hbond substituents is 1. The molecule has 3 aromatic carbocycles. The van der Waals surface area contributed by atoms with Crippen molar-refractivity contribution in [3.05, 3.63) is 82.6 Å². The van der Waals surface area contributed by atoms with Gasteiger partial charge in [0.05, 0.1) is 6.61 Å². The summed E-state index contributed by atoms with van der Waals surface area (Å²) < 4.78 is 25.3. The van der Waals surface area contributed by atoms with Crippen molar-refractivity contribution in [2.75, 3.05) is 11.9 Å². The average molecular weight is 402 g/mol. The van der Waals surface area contributed by atoms with E-state index in [1.807, 2.05) is 13.0 Å². The predicted octanol–water partition coefficient (Wildman–Crippen LogP) is 5.77. The van der Waals surface area contributed by atoms with Crippen molar-refractivity contribution in [2.45, 2.75) is 20.1 Å². The fourth-order valence-electron chi connectivity index (χ4n) is 2.64. The number of anilines is 1. The van der Waals surface area contributed by atoms with Crippen LogP contribution >= 0.6 is 11.6 Å². The molecule has 146 valence electrons. The van der Waals surface area contributed by atoms with Crippen molar-refractivity contribution in [2.24, 2.45) is 0 Å². The normalized spacial score (nSPS) is 10.5. The number of rotatable bonds is 8. The maximum absolute atomic E-state index is 13.8. The summed E-state index contributed by atoms with van der Waals surface area (Å²) in [6, 6.07) is 16.7. The lowest BCUT2D eigenvalue weighted by Crippen LogP contribution is -2.04. The van der Waals surface area contributed by atoms with Gasteiger partial charge in [-0.1, -0.05) is 29.8 Å². The highest BCUT2D eigenvalue weighted by Gasteiger charge is 2.12. The SMILES string of the molecule is CCOc1cc(CNc2ccc(O)cc2)c(Cl)cc1OCc1ccccc1F. The van der Waals surface area contributed by atoms with Crippen LogP contribution in [0.3, 0.4) is 0 Å². The molecule has 0 saturated carbocycles. The highest BCUT2D eigenvalue weighted by molar-refractivity contribution is 6.31. The molecule has 3 rings (SSSR count). The third kappa shape index (κ3) is 5.08. The molecule has 28 heavy (non-hydrogen) atoms. The molecule has 0 saturated heterocycles. The minimum atomic E-state index is -0.318. The van der Waals surface area contributed by atoms with Crippen LogP contribution in [0.2, 0.25) is 5.02 Å². The topological polar surface area (TPSA) is 50.7 Å². The van der Waals surface area contributed by atoms with Crippen LogP contribution in [0, 0.1) is 5.82 Å². The second-order valence-corrected chi connectivity index (χ2v) is 6.51. The van der Waals surface area contributed by atoms with Crippen molar-refractivity contribution in [3.8, 4) is 17.2 Å². The average Bonchev–Trinajstić information content (AvgIpc) is 2.69. The van der Waals surface area contributed by atoms with Gasteiger partial charge in [-0.3, -0.25) is 0 Å². The maximum Gasteiger partial charge on any atom is 0.163 e. The molecule has 6 heteroatoms. The molecule has 4 nitrogen and oxygen atoms in total. The highest BCUT2D eigenvalue weighted by atomic mass is 35.5. The smallest absolute Gasteiger partial charge is 0.163 e. The summed E-state index contributed by atoms with van der Waals surface area (Å²) in [7, 11) is 0. The molecule has 2 N–H and O–H groups in total. The van der Waals surface area contributed by atoms with Gasteiger partial charge in [-0.2, -0.15) is 0 Å². The Morgan fingerprint density at radius 2 is 1.68 bits per heavy atom. The van der Waals surface area contributed by atoms with Crippen LogP contribution < -0.4 is 14.8 Å². The number of ether oxygens (including phenoxy) is 2. The Hall–Kier alpha value is -2.92. The van der Waals surface area contributed by atoms with Gasteiger partial charge in [0.25, 0.3) is 0 Å². The zero-order chi connectivity index (χ0) is 19.9. The van der Waals surface area contributed by atoms with Crippen molar-refractivity contribution < 1.29 is 19.0 Å². The summed E-state index contributed by atoms with van der Waals surface area (Å²) >= 11 is 6.42. The zero-order valence-electron chi connectivity index (χ0n) is 15.4.